The van der Waals surface area contributed by atoms with Gasteiger partial charge in [-0.25, -0.2) is 0 Å². The molecule has 0 aliphatic rings. The Kier molecular flexibility index (Phi) is 1.96. The lowest BCUT2D eigenvalue weighted by Gasteiger charge is -1.99. The standard InChI is InChI=1S/C9H8INO/c1-12-8-2-3-9-7(6-8)4-5-11(9)10/h2-6H,1H3. The Morgan fingerprint density at radius 3 is 2.92 bits per heavy atom. The highest BCUT2D eigenvalue weighted by molar-refractivity contribution is 14.1. The van der Waals surface area contributed by atoms with Gasteiger partial charge in [0, 0.05) is 11.6 Å². The Balaban J connectivity index is 2.69. The van der Waals surface area contributed by atoms with Gasteiger partial charge >= 0.3 is 0 Å². The van der Waals surface area contributed by atoms with Crippen LogP contribution in [0, 0.1) is 0 Å². The molecule has 1 aromatic carbocycles. The predicted octanol–water partition coefficient (Wildman–Crippen LogP) is 2.85. The first-order valence-corrected chi connectivity index (χ1v) is 4.59. The van der Waals surface area contributed by atoms with Crippen molar-refractivity contribution >= 4 is 33.8 Å². The molecule has 1 heterocycles. The molecule has 0 bridgehead atoms. The average Bonchev–Trinajstić information content (AvgIpc) is 2.47. The van der Waals surface area contributed by atoms with E-state index in [1.807, 2.05) is 18.3 Å². The van der Waals surface area contributed by atoms with Gasteiger partial charge in [-0.15, -0.1) is 0 Å². The summed E-state index contributed by atoms with van der Waals surface area (Å²) in [4.78, 5) is 0. The van der Waals surface area contributed by atoms with Crippen molar-refractivity contribution in [3.8, 4) is 5.75 Å². The number of fused-ring (bicyclic) bond motifs is 1. The van der Waals surface area contributed by atoms with Gasteiger partial charge < -0.3 is 4.74 Å². The van der Waals surface area contributed by atoms with E-state index in [1.165, 1.54) is 10.9 Å². The van der Waals surface area contributed by atoms with Crippen LogP contribution in [-0.4, -0.2) is 9.89 Å². The van der Waals surface area contributed by atoms with Gasteiger partial charge in [-0.3, -0.25) is 2.78 Å². The van der Waals surface area contributed by atoms with Gasteiger partial charge in [0.1, 0.15) is 5.75 Å². The van der Waals surface area contributed by atoms with Gasteiger partial charge in [0.05, 0.1) is 35.5 Å². The van der Waals surface area contributed by atoms with E-state index in [0.29, 0.717) is 0 Å². The number of hydrogen-bond donors (Lipinski definition) is 0. The molecule has 0 saturated heterocycles. The van der Waals surface area contributed by atoms with E-state index < -0.39 is 0 Å². The number of aromatic nitrogens is 1. The zero-order valence-electron chi connectivity index (χ0n) is 6.62. The van der Waals surface area contributed by atoms with Crippen LogP contribution < -0.4 is 4.74 Å². The molecule has 0 aliphatic carbocycles. The van der Waals surface area contributed by atoms with Crippen LogP contribution >= 0.6 is 22.9 Å². The summed E-state index contributed by atoms with van der Waals surface area (Å²) < 4.78 is 7.18. The number of ether oxygens (including phenoxy) is 1. The average molecular weight is 273 g/mol. The second kappa shape index (κ2) is 2.97. The number of halogens is 1. The Morgan fingerprint density at radius 1 is 1.33 bits per heavy atom. The third kappa shape index (κ3) is 1.18. The van der Waals surface area contributed by atoms with E-state index in [1.54, 1.807) is 7.11 Å². The van der Waals surface area contributed by atoms with Crippen LogP contribution in [0.25, 0.3) is 10.9 Å². The van der Waals surface area contributed by atoms with Gasteiger partial charge in [-0.2, -0.15) is 0 Å². The molecule has 0 atom stereocenters. The number of nitrogens with zero attached hydrogens (tertiary/aromatic N) is 1. The molecule has 0 saturated carbocycles. The molecular weight excluding hydrogens is 265 g/mol. The quantitative estimate of drug-likeness (QED) is 0.729. The Morgan fingerprint density at radius 2 is 2.17 bits per heavy atom. The van der Waals surface area contributed by atoms with Crippen LogP contribution in [0.4, 0.5) is 0 Å². The van der Waals surface area contributed by atoms with Crippen LogP contribution in [0.3, 0.4) is 0 Å². The van der Waals surface area contributed by atoms with Crippen molar-refractivity contribution in [2.75, 3.05) is 7.11 Å². The number of benzene rings is 1. The van der Waals surface area contributed by atoms with Gasteiger partial charge in [0.25, 0.3) is 0 Å². The summed E-state index contributed by atoms with van der Waals surface area (Å²) >= 11 is 2.25. The van der Waals surface area contributed by atoms with Gasteiger partial charge in [0.2, 0.25) is 0 Å². The van der Waals surface area contributed by atoms with Crippen LogP contribution in [-0.2, 0) is 0 Å². The highest BCUT2D eigenvalue weighted by atomic mass is 127. The molecule has 62 valence electrons. The third-order valence-corrected chi connectivity index (χ3v) is 2.69. The lowest BCUT2D eigenvalue weighted by molar-refractivity contribution is 0.415. The van der Waals surface area contributed by atoms with Gasteiger partial charge in [0.15, 0.2) is 0 Å². The summed E-state index contributed by atoms with van der Waals surface area (Å²) in [5, 5.41) is 1.21. The molecule has 2 rings (SSSR count). The molecule has 0 aliphatic heterocycles. The minimum atomic E-state index is 0.908. The minimum Gasteiger partial charge on any atom is -0.497 e. The fourth-order valence-electron chi connectivity index (χ4n) is 1.21. The highest BCUT2D eigenvalue weighted by Gasteiger charge is 1.99. The van der Waals surface area contributed by atoms with Crippen molar-refractivity contribution in [2.24, 2.45) is 0 Å². The van der Waals surface area contributed by atoms with Crippen LogP contribution in [0.1, 0.15) is 0 Å². The zero-order chi connectivity index (χ0) is 8.55. The van der Waals surface area contributed by atoms with E-state index in [9.17, 15) is 0 Å². The largest absolute Gasteiger partial charge is 0.497 e. The van der Waals surface area contributed by atoms with Crippen molar-refractivity contribution < 1.29 is 4.74 Å². The summed E-state index contributed by atoms with van der Waals surface area (Å²) in [5.41, 5.74) is 1.22. The maximum atomic E-state index is 5.12. The fraction of sp³-hybridized carbons (Fsp3) is 0.111. The van der Waals surface area contributed by atoms with Crippen LogP contribution in [0.15, 0.2) is 30.5 Å². The van der Waals surface area contributed by atoms with E-state index >= 15 is 0 Å². The molecule has 1 aromatic heterocycles. The SMILES string of the molecule is COc1ccc2c(ccn2I)c1. The molecule has 3 heteroatoms. The summed E-state index contributed by atoms with van der Waals surface area (Å²) in [5.74, 6) is 0.908. The first kappa shape index (κ1) is 7.91. The summed E-state index contributed by atoms with van der Waals surface area (Å²) in [6.07, 6.45) is 2.03. The maximum absolute atomic E-state index is 5.12. The van der Waals surface area contributed by atoms with Gasteiger partial charge in [-0.05, 0) is 24.3 Å². The first-order valence-electron chi connectivity index (χ1n) is 3.62. The monoisotopic (exact) mass is 273 g/mol. The maximum Gasteiger partial charge on any atom is 0.119 e. The van der Waals surface area contributed by atoms with Crippen molar-refractivity contribution in [1.82, 2.24) is 2.78 Å². The lowest BCUT2D eigenvalue weighted by Crippen LogP contribution is -1.81. The lowest BCUT2D eigenvalue weighted by atomic mass is 10.2. The van der Waals surface area contributed by atoms with E-state index in [2.05, 4.69) is 37.8 Å². The highest BCUT2D eigenvalue weighted by Crippen LogP contribution is 2.22. The second-order valence-electron chi connectivity index (χ2n) is 2.55. The second-order valence-corrected chi connectivity index (χ2v) is 3.59. The van der Waals surface area contributed by atoms with Crippen molar-refractivity contribution in [2.45, 2.75) is 0 Å². The van der Waals surface area contributed by atoms with Gasteiger partial charge in [-0.1, -0.05) is 0 Å². The van der Waals surface area contributed by atoms with E-state index in [4.69, 9.17) is 4.74 Å². The van der Waals surface area contributed by atoms with Crippen LogP contribution in [0.2, 0.25) is 0 Å². The normalized spacial score (nSPS) is 10.5. The molecule has 0 fully saturated rings. The minimum absolute atomic E-state index is 0.908. The first-order chi connectivity index (χ1) is 5.81. The molecule has 2 nitrogen and oxygen atoms in total. The van der Waals surface area contributed by atoms with Crippen LogP contribution in [0.5, 0.6) is 5.75 Å². The topological polar surface area (TPSA) is 14.2 Å². The van der Waals surface area contributed by atoms with Crippen molar-refractivity contribution in [3.63, 3.8) is 0 Å². The Hall–Kier alpha value is -0.710. The summed E-state index contributed by atoms with van der Waals surface area (Å²) in [7, 11) is 1.68. The number of rotatable bonds is 1. The van der Waals surface area contributed by atoms with Crippen molar-refractivity contribution in [3.05, 3.63) is 30.5 Å². The smallest absolute Gasteiger partial charge is 0.119 e. The molecule has 0 radical (unpaired) electrons. The van der Waals surface area contributed by atoms with E-state index in [-0.39, 0.29) is 0 Å². The zero-order valence-corrected chi connectivity index (χ0v) is 8.78. The molecular formula is C9H8INO. The summed E-state index contributed by atoms with van der Waals surface area (Å²) in [6.45, 7) is 0. The van der Waals surface area contributed by atoms with Crippen molar-refractivity contribution in [1.29, 1.82) is 0 Å². The molecule has 0 unspecified atom stereocenters. The molecule has 0 N–H and O–H groups in total. The number of hydrogen-bond acceptors (Lipinski definition) is 1. The Bertz CT molecular complexity index is 408. The number of methoxy groups -OCH3 is 1. The molecule has 2 aromatic rings. The third-order valence-electron chi connectivity index (χ3n) is 1.85. The molecule has 0 amide bonds. The predicted molar refractivity (Wildman–Crippen MR) is 57.9 cm³/mol. The fourth-order valence-corrected chi connectivity index (χ4v) is 1.81. The van der Waals surface area contributed by atoms with E-state index in [0.717, 1.165) is 5.75 Å². The Labute approximate surface area is 84.6 Å². The molecule has 12 heavy (non-hydrogen) atoms. The molecule has 0 spiro atoms. The summed E-state index contributed by atoms with van der Waals surface area (Å²) in [6, 6.07) is 8.13.